The molecule has 1 unspecified atom stereocenters. The number of hydrogen-bond acceptors (Lipinski definition) is 0. The average Bonchev–Trinajstić information content (AvgIpc) is 2.53. The van der Waals surface area contributed by atoms with Crippen molar-refractivity contribution in [2.24, 2.45) is 16.7 Å². The van der Waals surface area contributed by atoms with E-state index >= 15 is 0 Å². The van der Waals surface area contributed by atoms with Crippen LogP contribution in [0.4, 0.5) is 0 Å². The molecule has 0 spiro atoms. The normalized spacial score (nSPS) is 25.1. The summed E-state index contributed by atoms with van der Waals surface area (Å²) in [5.41, 5.74) is 5.43. The van der Waals surface area contributed by atoms with Crippen LogP contribution in [0.5, 0.6) is 0 Å². The molecule has 0 N–H and O–H groups in total. The van der Waals surface area contributed by atoms with Gasteiger partial charge >= 0.3 is 0 Å². The van der Waals surface area contributed by atoms with Gasteiger partial charge in [-0.05, 0) is 17.3 Å². The average molecular weight is 216 g/mol. The van der Waals surface area contributed by atoms with Crippen LogP contribution in [0.1, 0.15) is 48.0 Å². The van der Waals surface area contributed by atoms with Crippen molar-refractivity contribution in [2.45, 2.75) is 48.0 Å². The molecule has 1 atom stereocenters. The molecule has 0 aromatic heterocycles. The van der Waals surface area contributed by atoms with E-state index in [9.17, 15) is 0 Å². The van der Waals surface area contributed by atoms with Crippen molar-refractivity contribution in [3.63, 3.8) is 0 Å². The molecule has 0 bridgehead atoms. The van der Waals surface area contributed by atoms with E-state index in [0.29, 0.717) is 16.7 Å². The fourth-order valence-corrected chi connectivity index (χ4v) is 2.68. The highest BCUT2D eigenvalue weighted by Gasteiger charge is 2.35. The first-order valence-corrected chi connectivity index (χ1v) is 6.32. The molecular formula is C16H24. The third-order valence-electron chi connectivity index (χ3n) is 3.80. The van der Waals surface area contributed by atoms with Crippen LogP contribution in [-0.4, -0.2) is 0 Å². The molecule has 2 rings (SSSR count). The van der Waals surface area contributed by atoms with Gasteiger partial charge in [0.05, 0.1) is 0 Å². The van der Waals surface area contributed by atoms with Crippen LogP contribution in [0.3, 0.4) is 0 Å². The van der Waals surface area contributed by atoms with E-state index in [1.807, 2.05) is 0 Å². The summed E-state index contributed by atoms with van der Waals surface area (Å²) in [7, 11) is 0. The number of fused-ring (bicyclic) bond motifs is 1. The van der Waals surface area contributed by atoms with Crippen LogP contribution < -0.4 is 0 Å². The van der Waals surface area contributed by atoms with Crippen molar-refractivity contribution in [2.75, 3.05) is 0 Å². The van der Waals surface area contributed by atoms with E-state index in [1.54, 1.807) is 16.7 Å². The molecule has 0 amide bonds. The Kier molecular flexibility index (Phi) is 2.45. The number of hydrogen-bond donors (Lipinski definition) is 0. The molecule has 0 saturated carbocycles. The summed E-state index contributed by atoms with van der Waals surface area (Å²) in [5, 5.41) is 0. The number of rotatable bonds is 0. The molecular weight excluding hydrogens is 192 g/mol. The van der Waals surface area contributed by atoms with Crippen LogP contribution in [-0.2, 0) is 0 Å². The highest BCUT2D eigenvalue weighted by molar-refractivity contribution is 5.48. The molecule has 0 aromatic carbocycles. The molecule has 88 valence electrons. The molecule has 0 heterocycles. The molecule has 0 saturated heterocycles. The summed E-state index contributed by atoms with van der Waals surface area (Å²) in [6.45, 7) is 13.9. The van der Waals surface area contributed by atoms with Gasteiger partial charge in [0.25, 0.3) is 0 Å². The van der Waals surface area contributed by atoms with Crippen molar-refractivity contribution in [3.8, 4) is 0 Å². The van der Waals surface area contributed by atoms with E-state index in [4.69, 9.17) is 0 Å². The van der Waals surface area contributed by atoms with Gasteiger partial charge in [0.1, 0.15) is 0 Å². The third-order valence-corrected chi connectivity index (χ3v) is 3.80. The van der Waals surface area contributed by atoms with Crippen molar-refractivity contribution >= 4 is 0 Å². The Balaban J connectivity index is 2.28. The maximum Gasteiger partial charge on any atom is 0.0204 e. The lowest BCUT2D eigenvalue weighted by Gasteiger charge is -2.25. The van der Waals surface area contributed by atoms with Gasteiger partial charge in [-0.3, -0.25) is 0 Å². The maximum absolute atomic E-state index is 2.51. The van der Waals surface area contributed by atoms with Crippen molar-refractivity contribution < 1.29 is 0 Å². The molecule has 16 heavy (non-hydrogen) atoms. The lowest BCUT2D eigenvalue weighted by atomic mass is 9.79. The summed E-state index contributed by atoms with van der Waals surface area (Å²) in [6.07, 6.45) is 8.39. The van der Waals surface area contributed by atoms with E-state index < -0.39 is 0 Å². The van der Waals surface area contributed by atoms with Crippen LogP contribution in [0.25, 0.3) is 0 Å². The Morgan fingerprint density at radius 3 is 2.06 bits per heavy atom. The van der Waals surface area contributed by atoms with E-state index in [2.05, 4.69) is 59.8 Å². The second-order valence-electron chi connectivity index (χ2n) is 7.21. The van der Waals surface area contributed by atoms with Crippen molar-refractivity contribution in [1.82, 2.24) is 0 Å². The topological polar surface area (TPSA) is 0 Å². The second kappa shape index (κ2) is 3.35. The molecule has 2 aliphatic carbocycles. The third kappa shape index (κ3) is 1.90. The van der Waals surface area contributed by atoms with E-state index in [0.717, 1.165) is 0 Å². The van der Waals surface area contributed by atoms with Gasteiger partial charge in [0.2, 0.25) is 0 Å². The Morgan fingerprint density at radius 2 is 1.56 bits per heavy atom. The monoisotopic (exact) mass is 216 g/mol. The summed E-state index contributed by atoms with van der Waals surface area (Å²) in [6, 6.07) is 0. The second-order valence-corrected chi connectivity index (χ2v) is 7.21. The zero-order valence-corrected chi connectivity index (χ0v) is 11.5. The van der Waals surface area contributed by atoms with Gasteiger partial charge in [0, 0.05) is 5.92 Å². The molecule has 0 radical (unpaired) electrons. The minimum absolute atomic E-state index is 0.298. The van der Waals surface area contributed by atoms with Crippen LogP contribution >= 0.6 is 0 Å². The van der Waals surface area contributed by atoms with Gasteiger partial charge in [-0.15, -0.1) is 0 Å². The standard InChI is InChI=1S/C16H24/c1-15(2,3)12-9-11-7-8-14(13(11)10-12)16(4,5)6/h7-8,10,13H,9H2,1-6H3. The Morgan fingerprint density at radius 1 is 0.938 bits per heavy atom. The van der Waals surface area contributed by atoms with Crippen molar-refractivity contribution in [3.05, 3.63) is 34.9 Å². The lowest BCUT2D eigenvalue weighted by molar-refractivity contribution is 0.473. The van der Waals surface area contributed by atoms with Gasteiger partial charge in [0.15, 0.2) is 0 Å². The largest absolute Gasteiger partial charge is 0.0732 e. The predicted octanol–water partition coefficient (Wildman–Crippen LogP) is 4.89. The van der Waals surface area contributed by atoms with Gasteiger partial charge in [-0.25, -0.2) is 0 Å². The minimum atomic E-state index is 0.298. The zero-order valence-electron chi connectivity index (χ0n) is 11.5. The molecule has 0 aliphatic heterocycles. The van der Waals surface area contributed by atoms with Gasteiger partial charge < -0.3 is 0 Å². The maximum atomic E-state index is 2.51. The summed E-state index contributed by atoms with van der Waals surface area (Å²) >= 11 is 0. The van der Waals surface area contributed by atoms with E-state index in [1.165, 1.54) is 6.42 Å². The molecule has 0 fully saturated rings. The Hall–Kier alpha value is -0.780. The SMILES string of the molecule is CC(C)(C)C1=CC2C(=CC=C2C(C)(C)C)C1. The summed E-state index contributed by atoms with van der Waals surface area (Å²) in [4.78, 5) is 0. The van der Waals surface area contributed by atoms with Crippen LogP contribution in [0, 0.1) is 16.7 Å². The Bertz CT molecular complexity index is 389. The first-order valence-electron chi connectivity index (χ1n) is 6.32. The summed E-state index contributed by atoms with van der Waals surface area (Å²) in [5.74, 6) is 0.606. The van der Waals surface area contributed by atoms with Crippen LogP contribution in [0.15, 0.2) is 34.9 Å². The fraction of sp³-hybridized carbons (Fsp3) is 0.625. The molecule has 0 heteroatoms. The van der Waals surface area contributed by atoms with Crippen LogP contribution in [0.2, 0.25) is 0 Å². The fourth-order valence-electron chi connectivity index (χ4n) is 2.68. The van der Waals surface area contributed by atoms with E-state index in [-0.39, 0.29) is 0 Å². The highest BCUT2D eigenvalue weighted by Crippen LogP contribution is 2.49. The zero-order chi connectivity index (χ0) is 12.1. The highest BCUT2D eigenvalue weighted by atomic mass is 14.4. The quantitative estimate of drug-likeness (QED) is 0.506. The minimum Gasteiger partial charge on any atom is -0.0732 e. The first kappa shape index (κ1) is 11.7. The van der Waals surface area contributed by atoms with Crippen molar-refractivity contribution in [1.29, 1.82) is 0 Å². The Labute approximate surface area is 100 Å². The molecule has 2 aliphatic rings. The predicted molar refractivity (Wildman–Crippen MR) is 71.3 cm³/mol. The lowest BCUT2D eigenvalue weighted by Crippen LogP contribution is -2.14. The summed E-state index contributed by atoms with van der Waals surface area (Å²) < 4.78 is 0. The number of allylic oxidation sites excluding steroid dienone is 6. The molecule has 0 aromatic rings. The smallest absolute Gasteiger partial charge is 0.0204 e. The first-order chi connectivity index (χ1) is 7.19. The molecule has 0 nitrogen and oxygen atoms in total. The van der Waals surface area contributed by atoms with Gasteiger partial charge in [-0.1, -0.05) is 76.5 Å². The van der Waals surface area contributed by atoms with Gasteiger partial charge in [-0.2, -0.15) is 0 Å².